The molecule has 4 nitrogen and oxygen atoms in total. The molecule has 4 heteroatoms. The van der Waals surface area contributed by atoms with Crippen LogP contribution >= 0.6 is 0 Å². The van der Waals surface area contributed by atoms with Gasteiger partial charge in [-0.2, -0.15) is 0 Å². The van der Waals surface area contributed by atoms with E-state index < -0.39 is 0 Å². The lowest BCUT2D eigenvalue weighted by Gasteiger charge is -2.35. The highest BCUT2D eigenvalue weighted by Crippen LogP contribution is 2.24. The molecule has 1 unspecified atom stereocenters. The van der Waals surface area contributed by atoms with Crippen LogP contribution in [0.4, 0.5) is 0 Å². The van der Waals surface area contributed by atoms with Crippen molar-refractivity contribution in [1.29, 1.82) is 0 Å². The van der Waals surface area contributed by atoms with Gasteiger partial charge in [-0.3, -0.25) is 4.90 Å². The molecular formula is C12H20N4. The van der Waals surface area contributed by atoms with Crippen molar-refractivity contribution >= 4 is 0 Å². The lowest BCUT2D eigenvalue weighted by Crippen LogP contribution is -2.39. The zero-order chi connectivity index (χ0) is 11.4. The molecule has 0 aromatic carbocycles. The van der Waals surface area contributed by atoms with Gasteiger partial charge in [0.05, 0.1) is 11.7 Å². The SMILES string of the molecule is CC1CCN(C(CN)c2ccncn2)CC1. The first-order valence-corrected chi connectivity index (χ1v) is 6.01. The zero-order valence-electron chi connectivity index (χ0n) is 9.84. The predicted octanol–water partition coefficient (Wildman–Crippen LogP) is 1.21. The maximum absolute atomic E-state index is 5.87. The number of nitrogens with two attached hydrogens (primary N) is 1. The smallest absolute Gasteiger partial charge is 0.115 e. The minimum Gasteiger partial charge on any atom is -0.329 e. The Kier molecular flexibility index (Phi) is 3.85. The van der Waals surface area contributed by atoms with Crippen molar-refractivity contribution < 1.29 is 0 Å². The Morgan fingerprint density at radius 1 is 1.50 bits per heavy atom. The molecule has 1 aromatic rings. The van der Waals surface area contributed by atoms with E-state index in [0.717, 1.165) is 24.7 Å². The van der Waals surface area contributed by atoms with Gasteiger partial charge in [0.2, 0.25) is 0 Å². The molecular weight excluding hydrogens is 200 g/mol. The van der Waals surface area contributed by atoms with Crippen LogP contribution in [0.15, 0.2) is 18.6 Å². The standard InChI is InChI=1S/C12H20N4/c1-10-3-6-16(7-4-10)12(8-13)11-2-5-14-9-15-11/h2,5,9-10,12H,3-4,6-8,13H2,1H3. The van der Waals surface area contributed by atoms with Crippen molar-refractivity contribution in [3.8, 4) is 0 Å². The van der Waals surface area contributed by atoms with Crippen LogP contribution in [0, 0.1) is 5.92 Å². The number of hydrogen-bond donors (Lipinski definition) is 1. The minimum atomic E-state index is 0.260. The van der Waals surface area contributed by atoms with Gasteiger partial charge in [-0.1, -0.05) is 6.92 Å². The third-order valence-electron chi connectivity index (χ3n) is 3.43. The fraction of sp³-hybridized carbons (Fsp3) is 0.667. The second kappa shape index (κ2) is 5.37. The van der Waals surface area contributed by atoms with Crippen LogP contribution in [0.1, 0.15) is 31.5 Å². The van der Waals surface area contributed by atoms with Crippen LogP contribution in [0.5, 0.6) is 0 Å². The van der Waals surface area contributed by atoms with E-state index >= 15 is 0 Å². The largest absolute Gasteiger partial charge is 0.329 e. The Labute approximate surface area is 96.9 Å². The lowest BCUT2D eigenvalue weighted by atomic mass is 9.97. The van der Waals surface area contributed by atoms with Crippen molar-refractivity contribution in [1.82, 2.24) is 14.9 Å². The second-order valence-electron chi connectivity index (χ2n) is 4.60. The van der Waals surface area contributed by atoms with Gasteiger partial charge in [-0.25, -0.2) is 9.97 Å². The molecule has 0 saturated carbocycles. The van der Waals surface area contributed by atoms with Gasteiger partial charge >= 0.3 is 0 Å². The minimum absolute atomic E-state index is 0.260. The first-order chi connectivity index (χ1) is 7.81. The van der Waals surface area contributed by atoms with Crippen LogP contribution in [-0.4, -0.2) is 34.5 Å². The number of piperidine rings is 1. The van der Waals surface area contributed by atoms with Gasteiger partial charge in [-0.05, 0) is 37.9 Å². The first-order valence-electron chi connectivity index (χ1n) is 6.01. The summed E-state index contributed by atoms with van der Waals surface area (Å²) >= 11 is 0. The van der Waals surface area contributed by atoms with Gasteiger partial charge in [0, 0.05) is 12.7 Å². The topological polar surface area (TPSA) is 55.0 Å². The predicted molar refractivity (Wildman–Crippen MR) is 63.8 cm³/mol. The molecule has 0 aliphatic carbocycles. The van der Waals surface area contributed by atoms with Crippen molar-refractivity contribution in [2.75, 3.05) is 19.6 Å². The number of nitrogens with zero attached hydrogens (tertiary/aromatic N) is 3. The van der Waals surface area contributed by atoms with E-state index in [4.69, 9.17) is 5.73 Å². The van der Waals surface area contributed by atoms with Crippen LogP contribution in [0.25, 0.3) is 0 Å². The Balaban J connectivity index is 2.05. The van der Waals surface area contributed by atoms with Crippen LogP contribution in [0.2, 0.25) is 0 Å². The van der Waals surface area contributed by atoms with Crippen molar-refractivity contribution in [3.05, 3.63) is 24.3 Å². The summed E-state index contributed by atoms with van der Waals surface area (Å²) in [5, 5.41) is 0. The molecule has 1 atom stereocenters. The molecule has 2 N–H and O–H groups in total. The number of rotatable bonds is 3. The summed E-state index contributed by atoms with van der Waals surface area (Å²) < 4.78 is 0. The molecule has 2 heterocycles. The Hall–Kier alpha value is -1.00. The molecule has 1 aliphatic rings. The Morgan fingerprint density at radius 3 is 2.81 bits per heavy atom. The van der Waals surface area contributed by atoms with E-state index in [-0.39, 0.29) is 6.04 Å². The summed E-state index contributed by atoms with van der Waals surface area (Å²) in [6, 6.07) is 2.23. The Morgan fingerprint density at radius 2 is 2.25 bits per heavy atom. The first kappa shape index (κ1) is 11.5. The summed E-state index contributed by atoms with van der Waals surface area (Å²) in [5.74, 6) is 0.847. The number of likely N-dealkylation sites (tertiary alicyclic amines) is 1. The lowest BCUT2D eigenvalue weighted by molar-refractivity contribution is 0.138. The van der Waals surface area contributed by atoms with E-state index in [1.807, 2.05) is 6.07 Å². The molecule has 0 bridgehead atoms. The summed E-state index contributed by atoms with van der Waals surface area (Å²) in [6.45, 7) is 5.21. The summed E-state index contributed by atoms with van der Waals surface area (Å²) in [5.41, 5.74) is 6.92. The highest BCUT2D eigenvalue weighted by atomic mass is 15.2. The molecule has 1 fully saturated rings. The molecule has 1 aliphatic heterocycles. The van der Waals surface area contributed by atoms with E-state index in [1.165, 1.54) is 12.8 Å². The molecule has 0 spiro atoms. The summed E-state index contributed by atoms with van der Waals surface area (Å²) in [7, 11) is 0. The van der Waals surface area contributed by atoms with E-state index in [1.54, 1.807) is 12.5 Å². The van der Waals surface area contributed by atoms with Crippen molar-refractivity contribution in [3.63, 3.8) is 0 Å². The van der Waals surface area contributed by atoms with Crippen molar-refractivity contribution in [2.45, 2.75) is 25.8 Å². The van der Waals surface area contributed by atoms with Crippen LogP contribution in [0.3, 0.4) is 0 Å². The number of aromatic nitrogens is 2. The average Bonchev–Trinajstić information content (AvgIpc) is 2.34. The Bertz CT molecular complexity index is 306. The second-order valence-corrected chi connectivity index (χ2v) is 4.60. The molecule has 16 heavy (non-hydrogen) atoms. The summed E-state index contributed by atoms with van der Waals surface area (Å²) in [4.78, 5) is 10.7. The van der Waals surface area contributed by atoms with Gasteiger partial charge in [0.1, 0.15) is 6.33 Å². The van der Waals surface area contributed by atoms with E-state index in [0.29, 0.717) is 6.54 Å². The maximum atomic E-state index is 5.87. The molecule has 0 amide bonds. The molecule has 0 radical (unpaired) electrons. The van der Waals surface area contributed by atoms with Crippen LogP contribution in [-0.2, 0) is 0 Å². The highest BCUT2D eigenvalue weighted by Gasteiger charge is 2.24. The van der Waals surface area contributed by atoms with Crippen LogP contribution < -0.4 is 5.73 Å². The summed E-state index contributed by atoms with van der Waals surface area (Å²) in [6.07, 6.45) is 5.92. The monoisotopic (exact) mass is 220 g/mol. The van der Waals surface area contributed by atoms with Crippen molar-refractivity contribution in [2.24, 2.45) is 11.7 Å². The van der Waals surface area contributed by atoms with Gasteiger partial charge in [-0.15, -0.1) is 0 Å². The highest BCUT2D eigenvalue weighted by molar-refractivity contribution is 5.06. The quantitative estimate of drug-likeness (QED) is 0.832. The molecule has 2 rings (SSSR count). The zero-order valence-corrected chi connectivity index (χ0v) is 9.84. The normalized spacial score (nSPS) is 20.9. The third-order valence-corrected chi connectivity index (χ3v) is 3.43. The van der Waals surface area contributed by atoms with Gasteiger partial charge < -0.3 is 5.73 Å². The molecule has 1 aromatic heterocycles. The fourth-order valence-corrected chi connectivity index (χ4v) is 2.30. The average molecular weight is 220 g/mol. The number of hydrogen-bond acceptors (Lipinski definition) is 4. The van der Waals surface area contributed by atoms with E-state index in [2.05, 4.69) is 21.8 Å². The maximum Gasteiger partial charge on any atom is 0.115 e. The van der Waals surface area contributed by atoms with Gasteiger partial charge in [0.15, 0.2) is 0 Å². The third kappa shape index (κ3) is 2.57. The fourth-order valence-electron chi connectivity index (χ4n) is 2.30. The molecule has 1 saturated heterocycles. The molecule has 88 valence electrons. The van der Waals surface area contributed by atoms with E-state index in [9.17, 15) is 0 Å². The van der Waals surface area contributed by atoms with Gasteiger partial charge in [0.25, 0.3) is 0 Å².